The summed E-state index contributed by atoms with van der Waals surface area (Å²) in [5.41, 5.74) is 3.04. The molecule has 0 aromatic heterocycles. The summed E-state index contributed by atoms with van der Waals surface area (Å²) in [5.74, 6) is -0.269. The minimum atomic E-state index is -0.269. The fourth-order valence-electron chi connectivity index (χ4n) is 2.20. The highest BCUT2D eigenvalue weighted by molar-refractivity contribution is 6.31. The van der Waals surface area contributed by atoms with Crippen molar-refractivity contribution < 1.29 is 4.39 Å². The monoisotopic (exact) mass is 277 g/mol. The molecule has 0 aliphatic heterocycles. The molecule has 0 saturated carbocycles. The van der Waals surface area contributed by atoms with Gasteiger partial charge in [-0.3, -0.25) is 0 Å². The standard InChI is InChI=1S/C16H17ClFN/c1-3-19-16(12-6-4-5-11(2)9-12)14-10-13(18)7-8-15(14)17/h4-10,16,19H,3H2,1-2H3. The largest absolute Gasteiger partial charge is 0.306 e. The zero-order valence-corrected chi connectivity index (χ0v) is 11.8. The van der Waals surface area contributed by atoms with Gasteiger partial charge in [0.2, 0.25) is 0 Å². The Hall–Kier alpha value is -1.38. The molecule has 3 heteroatoms. The quantitative estimate of drug-likeness (QED) is 0.868. The topological polar surface area (TPSA) is 12.0 Å². The second-order valence-electron chi connectivity index (χ2n) is 4.57. The molecule has 0 saturated heterocycles. The zero-order chi connectivity index (χ0) is 13.8. The zero-order valence-electron chi connectivity index (χ0n) is 11.1. The maximum absolute atomic E-state index is 13.5. The van der Waals surface area contributed by atoms with Gasteiger partial charge >= 0.3 is 0 Å². The summed E-state index contributed by atoms with van der Waals surface area (Å²) in [6.45, 7) is 4.85. The van der Waals surface area contributed by atoms with Crippen molar-refractivity contribution in [3.05, 3.63) is 70.0 Å². The molecule has 1 N–H and O–H groups in total. The summed E-state index contributed by atoms with van der Waals surface area (Å²) in [5, 5.41) is 3.94. The molecular formula is C16H17ClFN. The van der Waals surface area contributed by atoms with Gasteiger partial charge in [-0.05, 0) is 42.8 Å². The molecule has 1 nitrogen and oxygen atoms in total. The Morgan fingerprint density at radius 2 is 2.00 bits per heavy atom. The van der Waals surface area contributed by atoms with E-state index in [9.17, 15) is 4.39 Å². The summed E-state index contributed by atoms with van der Waals surface area (Å²) in [6.07, 6.45) is 0. The Morgan fingerprint density at radius 1 is 1.21 bits per heavy atom. The van der Waals surface area contributed by atoms with Crippen molar-refractivity contribution in [3.8, 4) is 0 Å². The van der Waals surface area contributed by atoms with Gasteiger partial charge in [0.05, 0.1) is 6.04 Å². The van der Waals surface area contributed by atoms with Gasteiger partial charge in [-0.2, -0.15) is 0 Å². The molecule has 2 aromatic carbocycles. The third kappa shape index (κ3) is 3.34. The first-order chi connectivity index (χ1) is 9.11. The Bertz CT molecular complexity index is 568. The Balaban J connectivity index is 2.48. The van der Waals surface area contributed by atoms with Gasteiger partial charge in [-0.1, -0.05) is 48.4 Å². The highest BCUT2D eigenvalue weighted by Crippen LogP contribution is 2.29. The van der Waals surface area contributed by atoms with Crippen LogP contribution in [0.25, 0.3) is 0 Å². The van der Waals surface area contributed by atoms with Crippen LogP contribution in [0.2, 0.25) is 5.02 Å². The Kier molecular flexibility index (Phi) is 4.56. The lowest BCUT2D eigenvalue weighted by molar-refractivity contribution is 0.603. The van der Waals surface area contributed by atoms with E-state index in [1.807, 2.05) is 32.0 Å². The van der Waals surface area contributed by atoms with E-state index >= 15 is 0 Å². The van der Waals surface area contributed by atoms with Crippen LogP contribution in [0, 0.1) is 12.7 Å². The molecule has 0 radical (unpaired) electrons. The molecule has 1 atom stereocenters. The van der Waals surface area contributed by atoms with E-state index in [0.717, 1.165) is 17.7 Å². The van der Waals surface area contributed by atoms with Crippen LogP contribution in [0.15, 0.2) is 42.5 Å². The number of nitrogens with one attached hydrogen (secondary N) is 1. The number of aryl methyl sites for hydroxylation is 1. The molecule has 1 unspecified atom stereocenters. The van der Waals surface area contributed by atoms with Crippen LogP contribution >= 0.6 is 11.6 Å². The SMILES string of the molecule is CCNC(c1cccc(C)c1)c1cc(F)ccc1Cl. The number of benzene rings is 2. The van der Waals surface area contributed by atoms with Gasteiger partial charge in [0.1, 0.15) is 5.82 Å². The summed E-state index contributed by atoms with van der Waals surface area (Å²) < 4.78 is 13.5. The van der Waals surface area contributed by atoms with Crippen molar-refractivity contribution in [2.45, 2.75) is 19.9 Å². The van der Waals surface area contributed by atoms with Gasteiger partial charge in [0, 0.05) is 5.02 Å². The first-order valence-corrected chi connectivity index (χ1v) is 6.74. The van der Waals surface area contributed by atoms with E-state index in [1.54, 1.807) is 6.07 Å². The molecule has 0 amide bonds. The highest BCUT2D eigenvalue weighted by Gasteiger charge is 2.16. The molecule has 100 valence electrons. The lowest BCUT2D eigenvalue weighted by atomic mass is 9.97. The van der Waals surface area contributed by atoms with Gasteiger partial charge in [-0.25, -0.2) is 4.39 Å². The van der Waals surface area contributed by atoms with Crippen molar-refractivity contribution in [1.29, 1.82) is 0 Å². The van der Waals surface area contributed by atoms with E-state index in [2.05, 4.69) is 11.4 Å². The van der Waals surface area contributed by atoms with Crippen LogP contribution in [0.4, 0.5) is 4.39 Å². The van der Waals surface area contributed by atoms with Crippen molar-refractivity contribution >= 4 is 11.6 Å². The number of hydrogen-bond acceptors (Lipinski definition) is 1. The maximum atomic E-state index is 13.5. The minimum absolute atomic E-state index is 0.0897. The second kappa shape index (κ2) is 6.18. The average molecular weight is 278 g/mol. The van der Waals surface area contributed by atoms with Crippen LogP contribution in [-0.2, 0) is 0 Å². The highest BCUT2D eigenvalue weighted by atomic mass is 35.5. The molecule has 0 spiro atoms. The number of halogens is 2. The van der Waals surface area contributed by atoms with Crippen LogP contribution < -0.4 is 5.32 Å². The number of rotatable bonds is 4. The van der Waals surface area contributed by atoms with Crippen LogP contribution in [-0.4, -0.2) is 6.54 Å². The van der Waals surface area contributed by atoms with E-state index in [4.69, 9.17) is 11.6 Å². The third-order valence-electron chi connectivity index (χ3n) is 3.05. The van der Waals surface area contributed by atoms with Crippen LogP contribution in [0.3, 0.4) is 0 Å². The summed E-state index contributed by atoms with van der Waals surface area (Å²) >= 11 is 6.21. The molecule has 0 aliphatic carbocycles. The van der Waals surface area contributed by atoms with Gasteiger partial charge in [0.25, 0.3) is 0 Å². The van der Waals surface area contributed by atoms with Crippen LogP contribution in [0.1, 0.15) is 29.7 Å². The first kappa shape index (κ1) is 14.0. The third-order valence-corrected chi connectivity index (χ3v) is 3.40. The van der Waals surface area contributed by atoms with Gasteiger partial charge in [0.15, 0.2) is 0 Å². The Morgan fingerprint density at radius 3 is 2.68 bits per heavy atom. The van der Waals surface area contributed by atoms with E-state index in [-0.39, 0.29) is 11.9 Å². The predicted octanol–water partition coefficient (Wildman–Crippen LogP) is 4.49. The molecule has 2 rings (SSSR count). The summed E-state index contributed by atoms with van der Waals surface area (Å²) in [4.78, 5) is 0. The molecule has 0 bridgehead atoms. The molecular weight excluding hydrogens is 261 g/mol. The second-order valence-corrected chi connectivity index (χ2v) is 4.98. The minimum Gasteiger partial charge on any atom is -0.306 e. The first-order valence-electron chi connectivity index (χ1n) is 6.36. The molecule has 19 heavy (non-hydrogen) atoms. The molecule has 2 aromatic rings. The predicted molar refractivity (Wildman–Crippen MR) is 78.1 cm³/mol. The Labute approximate surface area is 118 Å². The maximum Gasteiger partial charge on any atom is 0.123 e. The molecule has 0 fully saturated rings. The number of hydrogen-bond donors (Lipinski definition) is 1. The fourth-order valence-corrected chi connectivity index (χ4v) is 2.42. The van der Waals surface area contributed by atoms with Gasteiger partial charge in [-0.15, -0.1) is 0 Å². The fraction of sp³-hybridized carbons (Fsp3) is 0.250. The van der Waals surface area contributed by atoms with E-state index in [1.165, 1.54) is 17.7 Å². The molecule has 0 heterocycles. The lowest BCUT2D eigenvalue weighted by Crippen LogP contribution is -2.22. The van der Waals surface area contributed by atoms with Crippen molar-refractivity contribution in [2.75, 3.05) is 6.54 Å². The van der Waals surface area contributed by atoms with E-state index < -0.39 is 0 Å². The van der Waals surface area contributed by atoms with Crippen LogP contribution in [0.5, 0.6) is 0 Å². The smallest absolute Gasteiger partial charge is 0.123 e. The van der Waals surface area contributed by atoms with Gasteiger partial charge < -0.3 is 5.32 Å². The summed E-state index contributed by atoms with van der Waals surface area (Å²) in [7, 11) is 0. The summed E-state index contributed by atoms with van der Waals surface area (Å²) in [6, 6.07) is 12.6. The average Bonchev–Trinajstić information content (AvgIpc) is 2.39. The lowest BCUT2D eigenvalue weighted by Gasteiger charge is -2.20. The molecule has 0 aliphatic rings. The van der Waals surface area contributed by atoms with Crippen molar-refractivity contribution in [3.63, 3.8) is 0 Å². The normalized spacial score (nSPS) is 12.4. The van der Waals surface area contributed by atoms with Crippen molar-refractivity contribution in [2.24, 2.45) is 0 Å². The van der Waals surface area contributed by atoms with E-state index in [0.29, 0.717) is 5.02 Å². The van der Waals surface area contributed by atoms with Crippen molar-refractivity contribution in [1.82, 2.24) is 5.32 Å².